The maximum Gasteiger partial charge on any atom is 0.224 e. The highest BCUT2D eigenvalue weighted by Gasteiger charge is 2.03. The van der Waals surface area contributed by atoms with Gasteiger partial charge in [-0.05, 0) is 28.5 Å². The van der Waals surface area contributed by atoms with Crippen molar-refractivity contribution in [3.63, 3.8) is 0 Å². The van der Waals surface area contributed by atoms with Crippen molar-refractivity contribution in [1.29, 1.82) is 0 Å². The molecule has 2 aromatic carbocycles. The molecule has 0 saturated heterocycles. The van der Waals surface area contributed by atoms with Crippen molar-refractivity contribution in [2.75, 3.05) is 20.2 Å². The summed E-state index contributed by atoms with van der Waals surface area (Å²) < 4.78 is 5.49. The molecule has 0 aliphatic rings. The molecule has 0 heterocycles. The second kappa shape index (κ2) is 6.20. The number of rotatable bonds is 5. The number of benzene rings is 2. The van der Waals surface area contributed by atoms with Gasteiger partial charge in [-0.15, -0.1) is 0 Å². The zero-order chi connectivity index (χ0) is 13.7. The number of nitrogens with one attached hydrogen (secondary N) is 1. The molecule has 0 aliphatic heterocycles. The monoisotopic (exact) mass is 258 g/mol. The Kier molecular flexibility index (Phi) is 4.36. The summed E-state index contributed by atoms with van der Waals surface area (Å²) in [7, 11) is 1.64. The quantitative estimate of drug-likeness (QED) is 0.853. The largest absolute Gasteiger partial charge is 0.492 e. The normalized spacial score (nSPS) is 10.4. The van der Waals surface area contributed by atoms with Gasteiger partial charge in [0.25, 0.3) is 0 Å². The van der Waals surface area contributed by atoms with E-state index < -0.39 is 0 Å². The Labute approximate surface area is 112 Å². The Morgan fingerprint density at radius 3 is 2.68 bits per heavy atom. The molecule has 4 heteroatoms. The van der Waals surface area contributed by atoms with Crippen molar-refractivity contribution in [3.8, 4) is 5.75 Å². The first kappa shape index (κ1) is 13.4. The summed E-state index contributed by atoms with van der Waals surface area (Å²) >= 11 is 0. The van der Waals surface area contributed by atoms with Gasteiger partial charge in [-0.3, -0.25) is 4.79 Å². The van der Waals surface area contributed by atoms with Gasteiger partial charge < -0.3 is 15.8 Å². The number of ether oxygens (including phenoxy) is 1. The summed E-state index contributed by atoms with van der Waals surface area (Å²) in [4.78, 5) is 11.3. The molecule has 2 rings (SSSR count). The molecule has 0 unspecified atom stereocenters. The van der Waals surface area contributed by atoms with Gasteiger partial charge in [0, 0.05) is 13.6 Å². The predicted molar refractivity (Wildman–Crippen MR) is 76.3 cm³/mol. The Balaban J connectivity index is 2.22. The molecule has 0 radical (unpaired) electrons. The molecular formula is C15H18N2O2. The molecule has 2 aromatic rings. The lowest BCUT2D eigenvalue weighted by molar-refractivity contribution is -0.119. The van der Waals surface area contributed by atoms with Crippen LogP contribution in [-0.4, -0.2) is 26.1 Å². The molecule has 0 aliphatic carbocycles. The van der Waals surface area contributed by atoms with Crippen molar-refractivity contribution >= 4 is 16.7 Å². The smallest absolute Gasteiger partial charge is 0.224 e. The minimum atomic E-state index is 0.0160. The van der Waals surface area contributed by atoms with E-state index in [1.807, 2.05) is 36.4 Å². The number of nitrogens with two attached hydrogens (primary N) is 1. The molecule has 0 aromatic heterocycles. The first-order chi connectivity index (χ1) is 9.22. The zero-order valence-corrected chi connectivity index (χ0v) is 11.0. The van der Waals surface area contributed by atoms with Crippen molar-refractivity contribution in [2.45, 2.75) is 6.42 Å². The van der Waals surface area contributed by atoms with Crippen LogP contribution in [0.2, 0.25) is 0 Å². The second-order valence-corrected chi connectivity index (χ2v) is 4.33. The average Bonchev–Trinajstić information content (AvgIpc) is 2.44. The van der Waals surface area contributed by atoms with Crippen molar-refractivity contribution in [1.82, 2.24) is 5.32 Å². The van der Waals surface area contributed by atoms with Crippen LogP contribution in [0, 0.1) is 0 Å². The molecule has 4 nitrogen and oxygen atoms in total. The number of carbonyl (C=O) groups is 1. The van der Waals surface area contributed by atoms with Crippen molar-refractivity contribution < 1.29 is 9.53 Å². The maximum absolute atomic E-state index is 11.3. The molecule has 0 fully saturated rings. The van der Waals surface area contributed by atoms with E-state index in [0.29, 0.717) is 19.6 Å². The molecule has 0 atom stereocenters. The van der Waals surface area contributed by atoms with E-state index in [4.69, 9.17) is 10.5 Å². The Morgan fingerprint density at radius 2 is 1.95 bits per heavy atom. The maximum atomic E-state index is 11.3. The summed E-state index contributed by atoms with van der Waals surface area (Å²) in [5.41, 5.74) is 6.41. The van der Waals surface area contributed by atoms with Gasteiger partial charge in [0.1, 0.15) is 12.4 Å². The highest BCUT2D eigenvalue weighted by atomic mass is 16.5. The summed E-state index contributed by atoms with van der Waals surface area (Å²) in [6.07, 6.45) is 0.401. The van der Waals surface area contributed by atoms with Crippen LogP contribution in [0.25, 0.3) is 10.8 Å². The van der Waals surface area contributed by atoms with E-state index in [1.165, 1.54) is 0 Å². The van der Waals surface area contributed by atoms with E-state index >= 15 is 0 Å². The highest BCUT2D eigenvalue weighted by molar-refractivity contribution is 5.86. The molecule has 1 amide bonds. The lowest BCUT2D eigenvalue weighted by atomic mass is 10.0. The Morgan fingerprint density at radius 1 is 1.21 bits per heavy atom. The van der Waals surface area contributed by atoms with Crippen LogP contribution in [0.4, 0.5) is 0 Å². The van der Waals surface area contributed by atoms with Crippen LogP contribution in [0.1, 0.15) is 5.56 Å². The first-order valence-corrected chi connectivity index (χ1v) is 6.29. The van der Waals surface area contributed by atoms with Crippen LogP contribution < -0.4 is 15.8 Å². The molecule has 19 heavy (non-hydrogen) atoms. The third kappa shape index (κ3) is 3.45. The van der Waals surface area contributed by atoms with E-state index in [9.17, 15) is 4.79 Å². The van der Waals surface area contributed by atoms with Crippen molar-refractivity contribution in [3.05, 3.63) is 42.0 Å². The third-order valence-corrected chi connectivity index (χ3v) is 2.91. The summed E-state index contributed by atoms with van der Waals surface area (Å²) in [5, 5.41) is 4.81. The molecule has 0 spiro atoms. The number of likely N-dealkylation sites (N-methyl/N-ethyl adjacent to an activating group) is 1. The highest BCUT2D eigenvalue weighted by Crippen LogP contribution is 2.22. The number of hydrogen-bond acceptors (Lipinski definition) is 3. The van der Waals surface area contributed by atoms with Crippen LogP contribution in [0.3, 0.4) is 0 Å². The van der Waals surface area contributed by atoms with Gasteiger partial charge >= 0.3 is 0 Å². The van der Waals surface area contributed by atoms with Crippen LogP contribution >= 0.6 is 0 Å². The average molecular weight is 258 g/mol. The lowest BCUT2D eigenvalue weighted by Gasteiger charge is -2.07. The summed E-state index contributed by atoms with van der Waals surface area (Å²) in [6, 6.07) is 11.9. The topological polar surface area (TPSA) is 64.3 Å². The van der Waals surface area contributed by atoms with Crippen LogP contribution in [0.5, 0.6) is 5.75 Å². The van der Waals surface area contributed by atoms with E-state index in [-0.39, 0.29) is 5.91 Å². The van der Waals surface area contributed by atoms with Crippen LogP contribution in [-0.2, 0) is 11.2 Å². The SMILES string of the molecule is CNC(=O)Cc1ccc2cc(OCCN)ccc2c1. The lowest BCUT2D eigenvalue weighted by Crippen LogP contribution is -2.19. The van der Waals surface area contributed by atoms with Gasteiger partial charge in [0.05, 0.1) is 6.42 Å². The molecular weight excluding hydrogens is 240 g/mol. The number of hydrogen-bond donors (Lipinski definition) is 2. The van der Waals surface area contributed by atoms with Crippen molar-refractivity contribution in [2.24, 2.45) is 5.73 Å². The number of carbonyl (C=O) groups excluding carboxylic acids is 1. The molecule has 0 bridgehead atoms. The fourth-order valence-corrected chi connectivity index (χ4v) is 1.92. The molecule has 100 valence electrons. The second-order valence-electron chi connectivity index (χ2n) is 4.33. The Bertz CT molecular complexity index is 581. The Hall–Kier alpha value is -2.07. The molecule has 3 N–H and O–H groups in total. The molecule has 0 saturated carbocycles. The minimum Gasteiger partial charge on any atom is -0.492 e. The van der Waals surface area contributed by atoms with Gasteiger partial charge in [0.2, 0.25) is 5.91 Å². The van der Waals surface area contributed by atoms with E-state index in [0.717, 1.165) is 22.1 Å². The standard InChI is InChI=1S/C15H18N2O2/c1-17-15(18)9-11-2-3-13-10-14(19-7-6-16)5-4-12(13)8-11/h2-5,8,10H,6-7,9,16H2,1H3,(H,17,18). The zero-order valence-electron chi connectivity index (χ0n) is 11.0. The van der Waals surface area contributed by atoms with Gasteiger partial charge in [0.15, 0.2) is 0 Å². The van der Waals surface area contributed by atoms with Crippen LogP contribution in [0.15, 0.2) is 36.4 Å². The summed E-state index contributed by atoms with van der Waals surface area (Å²) in [6.45, 7) is 1.02. The third-order valence-electron chi connectivity index (χ3n) is 2.91. The number of amides is 1. The fraction of sp³-hybridized carbons (Fsp3) is 0.267. The van der Waals surface area contributed by atoms with Gasteiger partial charge in [-0.25, -0.2) is 0 Å². The van der Waals surface area contributed by atoms with Gasteiger partial charge in [-0.1, -0.05) is 24.3 Å². The van der Waals surface area contributed by atoms with Gasteiger partial charge in [-0.2, -0.15) is 0 Å². The summed E-state index contributed by atoms with van der Waals surface area (Å²) in [5.74, 6) is 0.833. The number of fused-ring (bicyclic) bond motifs is 1. The predicted octanol–water partition coefficient (Wildman–Crippen LogP) is 1.47. The van der Waals surface area contributed by atoms with E-state index in [1.54, 1.807) is 7.05 Å². The fourth-order valence-electron chi connectivity index (χ4n) is 1.92. The first-order valence-electron chi connectivity index (χ1n) is 6.29. The minimum absolute atomic E-state index is 0.0160. The van der Waals surface area contributed by atoms with E-state index in [2.05, 4.69) is 5.32 Å².